The van der Waals surface area contributed by atoms with E-state index in [1.54, 1.807) is 19.3 Å². The first-order valence-corrected chi connectivity index (χ1v) is 9.69. The zero-order chi connectivity index (χ0) is 17.6. The number of anilines is 1. The molecule has 0 radical (unpaired) electrons. The molecule has 0 aromatic carbocycles. The van der Waals surface area contributed by atoms with Crippen LogP contribution in [0.5, 0.6) is 0 Å². The Morgan fingerprint density at radius 3 is 2.60 bits per heavy atom. The van der Waals surface area contributed by atoms with Gasteiger partial charge in [-0.05, 0) is 25.2 Å². The smallest absolute Gasteiger partial charge is 0.268 e. The SMILES string of the molecule is Cn1ncc(N2CCC(NC(=O)CCC3CCCCC3)CC2)cc1=O. The molecular weight excluding hydrogens is 316 g/mol. The Morgan fingerprint density at radius 2 is 1.92 bits per heavy atom. The molecule has 1 aliphatic carbocycles. The van der Waals surface area contributed by atoms with Gasteiger partial charge in [-0.2, -0.15) is 5.10 Å². The van der Waals surface area contributed by atoms with Crippen molar-refractivity contribution in [1.29, 1.82) is 0 Å². The Bertz CT molecular complexity index is 629. The Labute approximate surface area is 149 Å². The van der Waals surface area contributed by atoms with Gasteiger partial charge >= 0.3 is 0 Å². The number of piperidine rings is 1. The summed E-state index contributed by atoms with van der Waals surface area (Å²) in [6, 6.07) is 1.89. The monoisotopic (exact) mass is 346 g/mol. The van der Waals surface area contributed by atoms with Crippen LogP contribution in [-0.4, -0.2) is 34.8 Å². The third-order valence-corrected chi connectivity index (χ3v) is 5.68. The van der Waals surface area contributed by atoms with E-state index in [2.05, 4.69) is 15.3 Å². The Kier molecular flexibility index (Phi) is 6.10. The van der Waals surface area contributed by atoms with E-state index in [9.17, 15) is 9.59 Å². The van der Waals surface area contributed by atoms with Gasteiger partial charge in [0.2, 0.25) is 5.91 Å². The van der Waals surface area contributed by atoms with Crippen LogP contribution in [0.1, 0.15) is 57.8 Å². The van der Waals surface area contributed by atoms with Crippen LogP contribution in [-0.2, 0) is 11.8 Å². The van der Waals surface area contributed by atoms with E-state index in [4.69, 9.17) is 0 Å². The van der Waals surface area contributed by atoms with Gasteiger partial charge in [-0.3, -0.25) is 9.59 Å². The zero-order valence-electron chi connectivity index (χ0n) is 15.2. The summed E-state index contributed by atoms with van der Waals surface area (Å²) >= 11 is 0. The lowest BCUT2D eigenvalue weighted by Gasteiger charge is -2.33. The lowest BCUT2D eigenvalue weighted by Crippen LogP contribution is -2.45. The van der Waals surface area contributed by atoms with Gasteiger partial charge in [-0.1, -0.05) is 32.1 Å². The van der Waals surface area contributed by atoms with Gasteiger partial charge < -0.3 is 10.2 Å². The fourth-order valence-electron chi connectivity index (χ4n) is 4.03. The van der Waals surface area contributed by atoms with E-state index < -0.39 is 0 Å². The van der Waals surface area contributed by atoms with Crippen molar-refractivity contribution < 1.29 is 4.79 Å². The first-order valence-electron chi connectivity index (χ1n) is 9.69. The van der Waals surface area contributed by atoms with E-state index in [-0.39, 0.29) is 17.5 Å². The number of hydrogen-bond acceptors (Lipinski definition) is 4. The quantitative estimate of drug-likeness (QED) is 0.888. The normalized spacial score (nSPS) is 19.8. The molecule has 1 saturated carbocycles. The molecule has 1 aliphatic heterocycles. The highest BCUT2D eigenvalue weighted by Gasteiger charge is 2.22. The van der Waals surface area contributed by atoms with Crippen LogP contribution >= 0.6 is 0 Å². The summed E-state index contributed by atoms with van der Waals surface area (Å²) < 4.78 is 1.34. The number of nitrogens with zero attached hydrogens (tertiary/aromatic N) is 3. The van der Waals surface area contributed by atoms with Crippen LogP contribution in [0.25, 0.3) is 0 Å². The van der Waals surface area contributed by atoms with Gasteiger partial charge in [0.15, 0.2) is 0 Å². The molecule has 0 spiro atoms. The second-order valence-corrected chi connectivity index (χ2v) is 7.55. The maximum absolute atomic E-state index is 12.2. The molecule has 1 N–H and O–H groups in total. The summed E-state index contributed by atoms with van der Waals surface area (Å²) in [5.74, 6) is 0.966. The third-order valence-electron chi connectivity index (χ3n) is 5.68. The summed E-state index contributed by atoms with van der Waals surface area (Å²) in [4.78, 5) is 26.1. The molecule has 1 amide bonds. The van der Waals surface area contributed by atoms with Crippen molar-refractivity contribution in [2.45, 2.75) is 63.8 Å². The Balaban J connectivity index is 1.40. The number of rotatable bonds is 5. The average Bonchev–Trinajstić information content (AvgIpc) is 2.64. The number of carbonyl (C=O) groups is 1. The number of hydrogen-bond donors (Lipinski definition) is 1. The lowest BCUT2D eigenvalue weighted by molar-refractivity contribution is -0.122. The fourth-order valence-corrected chi connectivity index (χ4v) is 4.03. The van der Waals surface area contributed by atoms with Crippen molar-refractivity contribution in [1.82, 2.24) is 15.1 Å². The summed E-state index contributed by atoms with van der Waals surface area (Å²) in [7, 11) is 1.65. The maximum atomic E-state index is 12.2. The van der Waals surface area contributed by atoms with E-state index in [1.807, 2.05) is 0 Å². The molecule has 3 rings (SSSR count). The van der Waals surface area contributed by atoms with Gasteiger partial charge in [0.1, 0.15) is 0 Å². The van der Waals surface area contributed by atoms with Crippen LogP contribution < -0.4 is 15.8 Å². The molecule has 1 aromatic heterocycles. The van der Waals surface area contributed by atoms with E-state index in [0.29, 0.717) is 6.42 Å². The molecule has 25 heavy (non-hydrogen) atoms. The summed E-state index contributed by atoms with van der Waals surface area (Å²) in [5.41, 5.74) is 0.792. The highest BCUT2D eigenvalue weighted by atomic mass is 16.1. The van der Waals surface area contributed by atoms with Crippen LogP contribution in [0, 0.1) is 5.92 Å². The number of amides is 1. The van der Waals surface area contributed by atoms with Crippen LogP contribution in [0.4, 0.5) is 5.69 Å². The second-order valence-electron chi connectivity index (χ2n) is 7.55. The first kappa shape index (κ1) is 18.0. The minimum absolute atomic E-state index is 0.0874. The Hall–Kier alpha value is -1.85. The second kappa shape index (κ2) is 8.50. The van der Waals surface area contributed by atoms with Crippen LogP contribution in [0.15, 0.2) is 17.1 Å². The molecule has 1 saturated heterocycles. The van der Waals surface area contributed by atoms with E-state index in [1.165, 1.54) is 36.8 Å². The molecule has 0 atom stereocenters. The molecular formula is C19H30N4O2. The number of nitrogens with one attached hydrogen (secondary N) is 1. The lowest BCUT2D eigenvalue weighted by atomic mass is 9.86. The van der Waals surface area contributed by atoms with Gasteiger partial charge in [0.25, 0.3) is 5.56 Å². The number of carbonyl (C=O) groups excluding carboxylic acids is 1. The van der Waals surface area contributed by atoms with Gasteiger partial charge in [-0.15, -0.1) is 0 Å². The highest BCUT2D eigenvalue weighted by molar-refractivity contribution is 5.76. The molecule has 2 heterocycles. The minimum Gasteiger partial charge on any atom is -0.370 e. The van der Waals surface area contributed by atoms with Gasteiger partial charge in [0, 0.05) is 38.7 Å². The number of aromatic nitrogens is 2. The van der Waals surface area contributed by atoms with E-state index >= 15 is 0 Å². The minimum atomic E-state index is -0.0874. The summed E-state index contributed by atoms with van der Waals surface area (Å²) in [5, 5.41) is 7.29. The predicted octanol–water partition coefficient (Wildman–Crippen LogP) is 2.23. The fraction of sp³-hybridized carbons (Fsp3) is 0.737. The molecule has 6 nitrogen and oxygen atoms in total. The van der Waals surface area contributed by atoms with Crippen LogP contribution in [0.3, 0.4) is 0 Å². The van der Waals surface area contributed by atoms with Gasteiger partial charge in [0.05, 0.1) is 11.9 Å². The molecule has 0 unspecified atom stereocenters. The van der Waals surface area contributed by atoms with Crippen molar-refractivity contribution in [3.8, 4) is 0 Å². The third kappa shape index (κ3) is 5.06. The zero-order valence-corrected chi connectivity index (χ0v) is 15.2. The van der Waals surface area contributed by atoms with E-state index in [0.717, 1.165) is 44.0 Å². The molecule has 2 aliphatic rings. The number of aryl methyl sites for hydroxylation is 1. The molecule has 2 fully saturated rings. The standard InChI is InChI=1S/C19H30N4O2/c1-22-19(25)13-17(14-20-22)23-11-9-16(10-12-23)21-18(24)8-7-15-5-3-2-4-6-15/h13-16H,2-12H2,1H3,(H,21,24). The van der Waals surface area contributed by atoms with Crippen molar-refractivity contribution in [3.05, 3.63) is 22.6 Å². The first-order chi connectivity index (χ1) is 12.1. The van der Waals surface area contributed by atoms with Crippen LogP contribution in [0.2, 0.25) is 0 Å². The summed E-state index contributed by atoms with van der Waals surface area (Å²) in [6.07, 6.45) is 11.9. The van der Waals surface area contributed by atoms with Crippen molar-refractivity contribution in [2.75, 3.05) is 18.0 Å². The highest BCUT2D eigenvalue weighted by Crippen LogP contribution is 2.27. The molecule has 6 heteroatoms. The molecule has 1 aromatic rings. The molecule has 138 valence electrons. The van der Waals surface area contributed by atoms with Crippen molar-refractivity contribution in [3.63, 3.8) is 0 Å². The summed E-state index contributed by atoms with van der Waals surface area (Å²) in [6.45, 7) is 1.70. The van der Waals surface area contributed by atoms with Crippen molar-refractivity contribution in [2.24, 2.45) is 13.0 Å². The topological polar surface area (TPSA) is 67.2 Å². The average molecular weight is 346 g/mol. The predicted molar refractivity (Wildman–Crippen MR) is 98.7 cm³/mol. The maximum Gasteiger partial charge on any atom is 0.268 e. The molecule has 0 bridgehead atoms. The van der Waals surface area contributed by atoms with Crippen molar-refractivity contribution >= 4 is 11.6 Å². The largest absolute Gasteiger partial charge is 0.370 e. The Morgan fingerprint density at radius 1 is 1.20 bits per heavy atom. The van der Waals surface area contributed by atoms with Gasteiger partial charge in [-0.25, -0.2) is 4.68 Å².